The van der Waals surface area contributed by atoms with Crippen molar-refractivity contribution >= 4 is 28.6 Å². The summed E-state index contributed by atoms with van der Waals surface area (Å²) in [6, 6.07) is 0. The fraction of sp³-hybridized carbons (Fsp3) is 0.643. The topological polar surface area (TPSA) is 138 Å². The lowest BCUT2D eigenvalue weighted by Gasteiger charge is -2.27. The predicted octanol–water partition coefficient (Wildman–Crippen LogP) is -1.25. The monoisotopic (exact) mass is 386 g/mol. The zero-order valence-electron chi connectivity index (χ0n) is 13.7. The molecule has 4 atom stereocenters. The summed E-state index contributed by atoms with van der Waals surface area (Å²) in [7, 11) is 0. The van der Waals surface area contributed by atoms with Crippen LogP contribution in [0.15, 0.2) is 6.33 Å². The first-order valence-electron chi connectivity index (χ1n) is 8.20. The quantitative estimate of drug-likeness (QED) is 0.471. The number of ether oxygens (including phenoxy) is 2. The number of hydrazine groups is 1. The number of fused-ring (bicyclic) bond motifs is 1. The second-order valence-corrected chi connectivity index (χ2v) is 6.44. The Bertz CT molecular complexity index is 785. The molecule has 11 nitrogen and oxygen atoms in total. The molecule has 4 rings (SSSR count). The minimum Gasteiger partial charge on any atom is -0.394 e. The Labute approximate surface area is 153 Å². The molecule has 0 amide bonds. The highest BCUT2D eigenvalue weighted by Crippen LogP contribution is 2.32. The van der Waals surface area contributed by atoms with Crippen LogP contribution in [0, 0.1) is 0 Å². The van der Waals surface area contributed by atoms with Gasteiger partial charge in [-0.3, -0.25) is 4.57 Å². The second-order valence-electron chi connectivity index (χ2n) is 6.11. The number of morpholine rings is 1. The largest absolute Gasteiger partial charge is 0.394 e. The molecule has 0 spiro atoms. The molecular weight excluding hydrogens is 368 g/mol. The fourth-order valence-electron chi connectivity index (χ4n) is 3.09. The Morgan fingerprint density at radius 1 is 1.23 bits per heavy atom. The van der Waals surface area contributed by atoms with Gasteiger partial charge in [0.05, 0.1) is 26.1 Å². The van der Waals surface area contributed by atoms with Gasteiger partial charge in [-0.15, -0.1) is 0 Å². The summed E-state index contributed by atoms with van der Waals surface area (Å²) in [5.74, 6) is 0.424. The van der Waals surface area contributed by atoms with E-state index in [1.165, 1.54) is 10.9 Å². The van der Waals surface area contributed by atoms with Crippen LogP contribution in [0.1, 0.15) is 6.23 Å². The lowest BCUT2D eigenvalue weighted by Crippen LogP contribution is -2.40. The summed E-state index contributed by atoms with van der Waals surface area (Å²) in [6.45, 7) is 2.15. The highest BCUT2D eigenvalue weighted by atomic mass is 35.5. The molecule has 0 saturated carbocycles. The molecule has 26 heavy (non-hydrogen) atoms. The van der Waals surface area contributed by atoms with E-state index in [4.69, 9.17) is 21.1 Å². The van der Waals surface area contributed by atoms with E-state index in [0.29, 0.717) is 43.3 Å². The molecule has 142 valence electrons. The summed E-state index contributed by atoms with van der Waals surface area (Å²) >= 11 is 6.06. The SMILES string of the molecule is OC[C@H]1O[C@@H](n2cnc3c(NN4CCOCC4)nc(Cl)nc32)C(O)C1O. The molecule has 2 aromatic rings. The minimum atomic E-state index is -1.24. The molecule has 12 heteroatoms. The molecule has 0 aromatic carbocycles. The molecule has 2 saturated heterocycles. The maximum Gasteiger partial charge on any atom is 0.226 e. The van der Waals surface area contributed by atoms with Crippen LogP contribution in [-0.2, 0) is 9.47 Å². The number of hydrogen-bond acceptors (Lipinski definition) is 10. The number of imidazole rings is 1. The molecule has 0 radical (unpaired) electrons. The number of aromatic nitrogens is 4. The highest BCUT2D eigenvalue weighted by molar-refractivity contribution is 6.28. The second kappa shape index (κ2) is 7.19. The maximum absolute atomic E-state index is 10.2. The van der Waals surface area contributed by atoms with Crippen LogP contribution in [0.5, 0.6) is 0 Å². The molecule has 2 aliphatic rings. The smallest absolute Gasteiger partial charge is 0.226 e. The van der Waals surface area contributed by atoms with Gasteiger partial charge in [-0.25, -0.2) is 9.99 Å². The summed E-state index contributed by atoms with van der Waals surface area (Å²) in [6.07, 6.45) is -2.87. The normalized spacial score (nSPS) is 30.2. The van der Waals surface area contributed by atoms with Crippen molar-refractivity contribution < 1.29 is 24.8 Å². The van der Waals surface area contributed by atoms with Crippen molar-refractivity contribution in [2.75, 3.05) is 38.3 Å². The van der Waals surface area contributed by atoms with Gasteiger partial charge in [0, 0.05) is 13.1 Å². The van der Waals surface area contributed by atoms with Gasteiger partial charge < -0.3 is 30.2 Å². The summed E-state index contributed by atoms with van der Waals surface area (Å²) < 4.78 is 12.3. The lowest BCUT2D eigenvalue weighted by atomic mass is 10.1. The van der Waals surface area contributed by atoms with Crippen LogP contribution < -0.4 is 5.43 Å². The third-order valence-corrected chi connectivity index (χ3v) is 4.63. The predicted molar refractivity (Wildman–Crippen MR) is 89.4 cm³/mol. The average molecular weight is 387 g/mol. The van der Waals surface area contributed by atoms with Gasteiger partial charge in [0.1, 0.15) is 18.3 Å². The molecule has 0 aliphatic carbocycles. The van der Waals surface area contributed by atoms with Crippen LogP contribution in [0.3, 0.4) is 0 Å². The van der Waals surface area contributed by atoms with E-state index >= 15 is 0 Å². The Morgan fingerprint density at radius 2 is 2.00 bits per heavy atom. The first kappa shape index (κ1) is 17.8. The molecule has 0 bridgehead atoms. The first-order chi connectivity index (χ1) is 12.6. The summed E-state index contributed by atoms with van der Waals surface area (Å²) in [5.41, 5.74) is 3.94. The number of halogens is 1. The van der Waals surface area contributed by atoms with E-state index in [2.05, 4.69) is 20.4 Å². The number of hydrogen-bond donors (Lipinski definition) is 4. The minimum absolute atomic E-state index is 0.00162. The molecule has 2 fully saturated rings. The van der Waals surface area contributed by atoms with Crippen LogP contribution in [0.4, 0.5) is 5.82 Å². The van der Waals surface area contributed by atoms with Gasteiger partial charge in [0.15, 0.2) is 23.2 Å². The van der Waals surface area contributed by atoms with Crippen molar-refractivity contribution in [3.63, 3.8) is 0 Å². The third kappa shape index (κ3) is 3.11. The molecule has 2 unspecified atom stereocenters. The molecule has 4 heterocycles. The van der Waals surface area contributed by atoms with Gasteiger partial charge in [-0.05, 0) is 11.6 Å². The van der Waals surface area contributed by atoms with Crippen LogP contribution in [-0.4, -0.2) is 91.1 Å². The van der Waals surface area contributed by atoms with Gasteiger partial charge in [-0.1, -0.05) is 0 Å². The number of nitrogens with zero attached hydrogens (tertiary/aromatic N) is 5. The number of aliphatic hydroxyl groups is 3. The number of rotatable bonds is 4. The van der Waals surface area contributed by atoms with Crippen LogP contribution in [0.25, 0.3) is 11.2 Å². The average Bonchev–Trinajstić information content (AvgIpc) is 3.17. The number of nitrogens with one attached hydrogen (secondary N) is 1. The zero-order chi connectivity index (χ0) is 18.3. The molecular formula is C14H19ClN6O5. The summed E-state index contributed by atoms with van der Waals surface area (Å²) in [4.78, 5) is 12.7. The van der Waals surface area contributed by atoms with Crippen LogP contribution in [0.2, 0.25) is 5.28 Å². The van der Waals surface area contributed by atoms with E-state index in [9.17, 15) is 15.3 Å². The number of aliphatic hydroxyl groups excluding tert-OH is 3. The van der Waals surface area contributed by atoms with E-state index in [1.807, 2.05) is 5.01 Å². The van der Waals surface area contributed by atoms with E-state index in [-0.39, 0.29) is 5.28 Å². The van der Waals surface area contributed by atoms with Gasteiger partial charge in [0.25, 0.3) is 0 Å². The van der Waals surface area contributed by atoms with Crippen molar-refractivity contribution in [2.45, 2.75) is 24.5 Å². The van der Waals surface area contributed by atoms with Gasteiger partial charge in [0.2, 0.25) is 5.28 Å². The van der Waals surface area contributed by atoms with Crippen molar-refractivity contribution in [2.24, 2.45) is 0 Å². The van der Waals surface area contributed by atoms with Crippen LogP contribution >= 0.6 is 11.6 Å². The molecule has 2 aromatic heterocycles. The molecule has 2 aliphatic heterocycles. The highest BCUT2D eigenvalue weighted by Gasteiger charge is 2.44. The van der Waals surface area contributed by atoms with Crippen molar-refractivity contribution in [3.8, 4) is 0 Å². The Hall–Kier alpha value is -1.60. The Kier molecular flexibility index (Phi) is 4.92. The van der Waals surface area contributed by atoms with Gasteiger partial charge >= 0.3 is 0 Å². The Balaban J connectivity index is 1.67. The number of anilines is 1. The van der Waals surface area contributed by atoms with Gasteiger partial charge in [-0.2, -0.15) is 9.97 Å². The molecule has 4 N–H and O–H groups in total. The first-order valence-corrected chi connectivity index (χ1v) is 8.58. The Morgan fingerprint density at radius 3 is 2.69 bits per heavy atom. The third-order valence-electron chi connectivity index (χ3n) is 4.46. The lowest BCUT2D eigenvalue weighted by molar-refractivity contribution is -0.0511. The zero-order valence-corrected chi connectivity index (χ0v) is 14.5. The van der Waals surface area contributed by atoms with Crippen molar-refractivity contribution in [3.05, 3.63) is 11.6 Å². The fourth-order valence-corrected chi connectivity index (χ4v) is 3.25. The standard InChI is InChI=1S/C14H19ClN6O5/c15-14-17-11(19-20-1-3-25-4-2-20)8-12(18-14)21(6-16-8)13-10(24)9(23)7(5-22)26-13/h6-7,9-10,13,22-24H,1-5H2,(H,17,18,19)/t7-,9?,10?,13-/m1/s1. The van der Waals surface area contributed by atoms with Crippen molar-refractivity contribution in [1.29, 1.82) is 0 Å². The van der Waals surface area contributed by atoms with E-state index in [0.717, 1.165) is 0 Å². The van der Waals surface area contributed by atoms with Crippen molar-refractivity contribution in [1.82, 2.24) is 24.5 Å². The summed E-state index contributed by atoms with van der Waals surface area (Å²) in [5, 5.41) is 31.4. The van der Waals surface area contributed by atoms with E-state index in [1.54, 1.807) is 0 Å². The van der Waals surface area contributed by atoms with E-state index < -0.39 is 31.1 Å². The maximum atomic E-state index is 10.2.